The van der Waals surface area contributed by atoms with Gasteiger partial charge in [0.25, 0.3) is 5.91 Å². The number of methoxy groups -OCH3 is 1. The fourth-order valence-corrected chi connectivity index (χ4v) is 3.52. The van der Waals surface area contributed by atoms with Crippen LogP contribution in [0.15, 0.2) is 76.8 Å². The summed E-state index contributed by atoms with van der Waals surface area (Å²) in [6.07, 6.45) is 1.49. The number of benzene rings is 3. The van der Waals surface area contributed by atoms with E-state index in [0.29, 0.717) is 21.5 Å². The van der Waals surface area contributed by atoms with Crippen molar-refractivity contribution in [2.45, 2.75) is 19.6 Å². The number of carbonyl (C=O) groups is 1. The lowest BCUT2D eigenvalue weighted by Crippen LogP contribution is -2.27. The molecule has 0 fully saturated rings. The molecular formula is C26H22BrFN2O3. The van der Waals surface area contributed by atoms with Crippen molar-refractivity contribution in [3.8, 4) is 17.6 Å². The number of hydrogen-bond donors (Lipinski definition) is 1. The van der Waals surface area contributed by atoms with Gasteiger partial charge in [0.2, 0.25) is 0 Å². The van der Waals surface area contributed by atoms with E-state index in [9.17, 15) is 14.4 Å². The molecular weight excluding hydrogens is 487 g/mol. The molecule has 0 saturated carbocycles. The fraction of sp³-hybridized carbons (Fsp3) is 0.154. The second kappa shape index (κ2) is 11.3. The SMILES string of the molecule is COc1cc(/C=C(/C#N)C(=O)N[C@@H](C)c2ccccc2)c(Br)cc1OCc1ccc(F)cc1. The quantitative estimate of drug-likeness (QED) is 0.301. The Hall–Kier alpha value is -3.63. The van der Waals surface area contributed by atoms with E-state index in [0.717, 1.165) is 11.1 Å². The first-order valence-corrected chi connectivity index (χ1v) is 10.9. The van der Waals surface area contributed by atoms with Crippen molar-refractivity contribution in [2.24, 2.45) is 0 Å². The van der Waals surface area contributed by atoms with Gasteiger partial charge in [-0.3, -0.25) is 4.79 Å². The van der Waals surface area contributed by atoms with Crippen LogP contribution in [0.4, 0.5) is 4.39 Å². The van der Waals surface area contributed by atoms with E-state index in [1.54, 1.807) is 24.3 Å². The van der Waals surface area contributed by atoms with Crippen LogP contribution in [0.25, 0.3) is 6.08 Å². The number of amides is 1. The average Bonchev–Trinajstić information content (AvgIpc) is 2.83. The third kappa shape index (κ3) is 6.43. The van der Waals surface area contributed by atoms with E-state index in [1.807, 2.05) is 43.3 Å². The second-order valence-corrected chi connectivity index (χ2v) is 8.07. The summed E-state index contributed by atoms with van der Waals surface area (Å²) in [5.41, 5.74) is 2.28. The molecule has 0 aliphatic rings. The minimum atomic E-state index is -0.476. The summed E-state index contributed by atoms with van der Waals surface area (Å²) in [7, 11) is 1.50. The number of nitriles is 1. The van der Waals surface area contributed by atoms with Gasteiger partial charge in [-0.05, 0) is 54.0 Å². The number of carbonyl (C=O) groups excluding carboxylic acids is 1. The third-order valence-electron chi connectivity index (χ3n) is 4.90. The smallest absolute Gasteiger partial charge is 0.262 e. The van der Waals surface area contributed by atoms with Gasteiger partial charge in [0, 0.05) is 4.47 Å². The first-order chi connectivity index (χ1) is 15.9. The minimum Gasteiger partial charge on any atom is -0.493 e. The van der Waals surface area contributed by atoms with Crippen LogP contribution in [0.5, 0.6) is 11.5 Å². The number of hydrogen-bond acceptors (Lipinski definition) is 4. The topological polar surface area (TPSA) is 71.3 Å². The first kappa shape index (κ1) is 24.0. The van der Waals surface area contributed by atoms with Crippen LogP contribution in [0, 0.1) is 17.1 Å². The van der Waals surface area contributed by atoms with E-state index >= 15 is 0 Å². The highest BCUT2D eigenvalue weighted by atomic mass is 79.9. The summed E-state index contributed by atoms with van der Waals surface area (Å²) >= 11 is 3.47. The molecule has 7 heteroatoms. The summed E-state index contributed by atoms with van der Waals surface area (Å²) in [6, 6.07) is 20.6. The molecule has 0 unspecified atom stereocenters. The van der Waals surface area contributed by atoms with E-state index in [1.165, 1.54) is 25.3 Å². The molecule has 3 aromatic rings. The van der Waals surface area contributed by atoms with Gasteiger partial charge in [0.15, 0.2) is 11.5 Å². The summed E-state index contributed by atoms with van der Waals surface area (Å²) in [6.45, 7) is 2.08. The van der Waals surface area contributed by atoms with E-state index in [-0.39, 0.29) is 24.0 Å². The molecule has 0 aliphatic carbocycles. The van der Waals surface area contributed by atoms with Gasteiger partial charge in [0.1, 0.15) is 24.1 Å². The molecule has 1 amide bonds. The molecule has 0 spiro atoms. The summed E-state index contributed by atoms with van der Waals surface area (Å²) < 4.78 is 25.0. The van der Waals surface area contributed by atoms with Gasteiger partial charge < -0.3 is 14.8 Å². The summed E-state index contributed by atoms with van der Waals surface area (Å²) in [5.74, 6) is 0.107. The minimum absolute atomic E-state index is 0.0412. The molecule has 0 heterocycles. The molecule has 0 radical (unpaired) electrons. The van der Waals surface area contributed by atoms with Gasteiger partial charge in [-0.15, -0.1) is 0 Å². The molecule has 0 aliphatic heterocycles. The molecule has 168 valence electrons. The zero-order valence-corrected chi connectivity index (χ0v) is 19.7. The van der Waals surface area contributed by atoms with Crippen LogP contribution in [0.2, 0.25) is 0 Å². The average molecular weight is 509 g/mol. The Balaban J connectivity index is 1.78. The number of rotatable bonds is 8. The normalized spacial score (nSPS) is 11.9. The predicted octanol–water partition coefficient (Wildman–Crippen LogP) is 5.96. The molecule has 3 aromatic carbocycles. The number of halogens is 2. The van der Waals surface area contributed by atoms with Gasteiger partial charge >= 0.3 is 0 Å². The van der Waals surface area contributed by atoms with Crippen molar-refractivity contribution in [2.75, 3.05) is 7.11 Å². The first-order valence-electron chi connectivity index (χ1n) is 10.1. The Bertz CT molecular complexity index is 1190. The highest BCUT2D eigenvalue weighted by Crippen LogP contribution is 2.35. The number of ether oxygens (including phenoxy) is 2. The van der Waals surface area contributed by atoms with Gasteiger partial charge in [-0.25, -0.2) is 4.39 Å². The lowest BCUT2D eigenvalue weighted by molar-refractivity contribution is -0.117. The summed E-state index contributed by atoms with van der Waals surface area (Å²) in [5, 5.41) is 12.4. The van der Waals surface area contributed by atoms with E-state index < -0.39 is 5.91 Å². The highest BCUT2D eigenvalue weighted by Gasteiger charge is 2.16. The third-order valence-corrected chi connectivity index (χ3v) is 5.59. The molecule has 5 nitrogen and oxygen atoms in total. The van der Waals surface area contributed by atoms with Crippen LogP contribution >= 0.6 is 15.9 Å². The fourth-order valence-electron chi connectivity index (χ4n) is 3.08. The monoisotopic (exact) mass is 508 g/mol. The Morgan fingerprint density at radius 1 is 1.15 bits per heavy atom. The Morgan fingerprint density at radius 3 is 2.48 bits per heavy atom. The van der Waals surface area contributed by atoms with Gasteiger partial charge in [-0.1, -0.05) is 58.4 Å². The van der Waals surface area contributed by atoms with Crippen molar-refractivity contribution in [3.63, 3.8) is 0 Å². The van der Waals surface area contributed by atoms with Crippen LogP contribution < -0.4 is 14.8 Å². The van der Waals surface area contributed by atoms with Crippen molar-refractivity contribution >= 4 is 27.9 Å². The van der Waals surface area contributed by atoms with Crippen molar-refractivity contribution in [1.29, 1.82) is 5.26 Å². The van der Waals surface area contributed by atoms with Crippen LogP contribution in [-0.4, -0.2) is 13.0 Å². The second-order valence-electron chi connectivity index (χ2n) is 7.22. The molecule has 0 saturated heterocycles. The molecule has 1 atom stereocenters. The lowest BCUT2D eigenvalue weighted by Gasteiger charge is -2.15. The number of nitrogens with zero attached hydrogens (tertiary/aromatic N) is 1. The van der Waals surface area contributed by atoms with E-state index in [2.05, 4.69) is 21.2 Å². The maximum absolute atomic E-state index is 13.1. The van der Waals surface area contributed by atoms with E-state index in [4.69, 9.17) is 9.47 Å². The predicted molar refractivity (Wildman–Crippen MR) is 128 cm³/mol. The zero-order chi connectivity index (χ0) is 23.8. The van der Waals surface area contributed by atoms with Crippen molar-refractivity contribution < 1.29 is 18.7 Å². The Labute approximate surface area is 200 Å². The molecule has 33 heavy (non-hydrogen) atoms. The lowest BCUT2D eigenvalue weighted by atomic mass is 10.1. The largest absolute Gasteiger partial charge is 0.493 e. The van der Waals surface area contributed by atoms with Crippen molar-refractivity contribution in [3.05, 3.63) is 99.3 Å². The van der Waals surface area contributed by atoms with Crippen molar-refractivity contribution in [1.82, 2.24) is 5.32 Å². The molecule has 0 bridgehead atoms. The van der Waals surface area contributed by atoms with Crippen LogP contribution in [-0.2, 0) is 11.4 Å². The highest BCUT2D eigenvalue weighted by molar-refractivity contribution is 9.10. The molecule has 0 aromatic heterocycles. The van der Waals surface area contributed by atoms with Gasteiger partial charge in [-0.2, -0.15) is 5.26 Å². The standard InChI is InChI=1S/C26H22BrFN2O3/c1-17(19-6-4-3-5-7-19)30-26(31)21(15-29)12-20-13-24(32-2)25(14-23(20)27)33-16-18-8-10-22(28)11-9-18/h3-14,17H,16H2,1-2H3,(H,30,31)/b21-12-/t17-/m0/s1. The number of nitrogens with one attached hydrogen (secondary N) is 1. The molecule has 1 N–H and O–H groups in total. The van der Waals surface area contributed by atoms with Crippen LogP contribution in [0.1, 0.15) is 29.7 Å². The Kier molecular flexibility index (Phi) is 8.22. The molecule has 3 rings (SSSR count). The summed E-state index contributed by atoms with van der Waals surface area (Å²) in [4.78, 5) is 12.7. The Morgan fingerprint density at radius 2 is 1.85 bits per heavy atom. The maximum atomic E-state index is 13.1. The van der Waals surface area contributed by atoms with Crippen LogP contribution in [0.3, 0.4) is 0 Å². The zero-order valence-electron chi connectivity index (χ0n) is 18.1. The van der Waals surface area contributed by atoms with Gasteiger partial charge in [0.05, 0.1) is 13.2 Å². The maximum Gasteiger partial charge on any atom is 0.262 e.